The summed E-state index contributed by atoms with van der Waals surface area (Å²) in [6, 6.07) is 19.6. The maximum absolute atomic E-state index is 12.6. The second-order valence-corrected chi connectivity index (χ2v) is 6.12. The van der Waals surface area contributed by atoms with Gasteiger partial charge >= 0.3 is 0 Å². The van der Waals surface area contributed by atoms with E-state index >= 15 is 0 Å². The molecule has 1 fully saturated rings. The average Bonchev–Trinajstić information content (AvgIpc) is 3.23. The highest BCUT2D eigenvalue weighted by atomic mass is 35.5. The molecule has 1 aliphatic heterocycles. The Hall–Kier alpha value is -3.31. The van der Waals surface area contributed by atoms with Gasteiger partial charge in [0.2, 0.25) is 0 Å². The molecule has 0 saturated carbocycles. The van der Waals surface area contributed by atoms with Crippen molar-refractivity contribution in [2.75, 3.05) is 5.01 Å². The summed E-state index contributed by atoms with van der Waals surface area (Å²) in [6.07, 6.45) is 1.44. The lowest BCUT2D eigenvalue weighted by molar-refractivity contribution is -0.117. The zero-order chi connectivity index (χ0) is 18.1. The number of carbonyl (C=O) groups excluding carboxylic acids is 2. The first-order chi connectivity index (χ1) is 12.6. The second kappa shape index (κ2) is 6.54. The molecule has 1 saturated heterocycles. The average molecular weight is 365 g/mol. The van der Waals surface area contributed by atoms with Crippen molar-refractivity contribution in [3.05, 3.63) is 83.1 Å². The van der Waals surface area contributed by atoms with Crippen LogP contribution in [0.5, 0.6) is 0 Å². The third-order valence-corrected chi connectivity index (χ3v) is 4.16. The lowest BCUT2D eigenvalue weighted by atomic mass is 10.2. The number of halogens is 1. The molecule has 0 unspecified atom stereocenters. The smallest absolute Gasteiger partial charge is 0.282 e. The van der Waals surface area contributed by atoms with Gasteiger partial charge in [0.1, 0.15) is 17.1 Å². The number of amides is 2. The van der Waals surface area contributed by atoms with E-state index < -0.39 is 11.8 Å². The van der Waals surface area contributed by atoms with E-state index in [1.165, 1.54) is 11.1 Å². The van der Waals surface area contributed by atoms with Crippen molar-refractivity contribution in [3.63, 3.8) is 0 Å². The van der Waals surface area contributed by atoms with E-state index in [1.54, 1.807) is 48.5 Å². The number of nitrogens with one attached hydrogen (secondary N) is 1. The van der Waals surface area contributed by atoms with Gasteiger partial charge in [0.05, 0.1) is 5.69 Å². The van der Waals surface area contributed by atoms with Crippen LogP contribution in [0.1, 0.15) is 5.76 Å². The fourth-order valence-corrected chi connectivity index (χ4v) is 2.88. The van der Waals surface area contributed by atoms with Crippen molar-refractivity contribution < 1.29 is 14.0 Å². The van der Waals surface area contributed by atoms with Gasteiger partial charge in [0.15, 0.2) is 0 Å². The molecule has 0 radical (unpaired) electrons. The summed E-state index contributed by atoms with van der Waals surface area (Å²) in [5.74, 6) is 0.111. The normalized spacial score (nSPS) is 15.6. The molecule has 0 bridgehead atoms. The first-order valence-corrected chi connectivity index (χ1v) is 8.27. The summed E-state index contributed by atoms with van der Waals surface area (Å²) in [4.78, 5) is 24.8. The highest BCUT2D eigenvalue weighted by Gasteiger charge is 2.34. The van der Waals surface area contributed by atoms with Crippen LogP contribution in [0.2, 0.25) is 5.02 Å². The number of carbonyl (C=O) groups is 2. The van der Waals surface area contributed by atoms with E-state index in [-0.39, 0.29) is 5.57 Å². The van der Waals surface area contributed by atoms with Gasteiger partial charge in [0, 0.05) is 10.6 Å². The number of hydrazine groups is 1. The number of hydrogen-bond acceptors (Lipinski definition) is 3. The summed E-state index contributed by atoms with van der Waals surface area (Å²) in [5.41, 5.74) is 3.97. The summed E-state index contributed by atoms with van der Waals surface area (Å²) < 4.78 is 5.74. The topological polar surface area (TPSA) is 62.6 Å². The molecule has 2 amide bonds. The van der Waals surface area contributed by atoms with Gasteiger partial charge in [-0.2, -0.15) is 0 Å². The molecule has 6 heteroatoms. The van der Waals surface area contributed by atoms with Gasteiger partial charge < -0.3 is 4.42 Å². The highest BCUT2D eigenvalue weighted by molar-refractivity contribution is 6.31. The van der Waals surface area contributed by atoms with Crippen molar-refractivity contribution >= 4 is 35.2 Å². The van der Waals surface area contributed by atoms with Crippen molar-refractivity contribution in [1.29, 1.82) is 0 Å². The predicted molar refractivity (Wildman–Crippen MR) is 99.2 cm³/mol. The maximum Gasteiger partial charge on any atom is 0.282 e. The standard InChI is InChI=1S/C20H13ClN2O3/c21-14-6-4-5-13(11-14)18-10-9-16(26-18)12-17-19(24)22-23(20(17)25)15-7-2-1-3-8-15/h1-12H,(H,22,24). The van der Waals surface area contributed by atoms with Gasteiger partial charge in [-0.25, -0.2) is 5.01 Å². The minimum Gasteiger partial charge on any atom is -0.457 e. The lowest BCUT2D eigenvalue weighted by Gasteiger charge is -2.13. The Balaban J connectivity index is 1.63. The molecule has 0 atom stereocenters. The van der Waals surface area contributed by atoms with Gasteiger partial charge in [0.25, 0.3) is 11.8 Å². The van der Waals surface area contributed by atoms with Crippen LogP contribution in [0.15, 0.2) is 76.7 Å². The number of nitrogens with zero attached hydrogens (tertiary/aromatic N) is 1. The van der Waals surface area contributed by atoms with Crippen molar-refractivity contribution in [1.82, 2.24) is 5.43 Å². The predicted octanol–water partition coefficient (Wildman–Crippen LogP) is 4.06. The molecule has 3 aromatic rings. The molecular formula is C20H13ClN2O3. The molecule has 0 aliphatic carbocycles. The second-order valence-electron chi connectivity index (χ2n) is 5.69. The number of rotatable bonds is 3. The van der Waals surface area contributed by atoms with Crippen LogP contribution >= 0.6 is 11.6 Å². The Bertz CT molecular complexity index is 1020. The molecule has 2 heterocycles. The SMILES string of the molecule is O=C1NN(c2ccccc2)C(=O)C1=Cc1ccc(-c2cccc(Cl)c2)o1. The molecule has 1 aromatic heterocycles. The van der Waals surface area contributed by atoms with Gasteiger partial charge in [-0.15, -0.1) is 0 Å². The van der Waals surface area contributed by atoms with E-state index in [0.29, 0.717) is 22.2 Å². The number of furan rings is 1. The van der Waals surface area contributed by atoms with E-state index in [9.17, 15) is 9.59 Å². The van der Waals surface area contributed by atoms with Crippen LogP contribution in [0.3, 0.4) is 0 Å². The summed E-state index contributed by atoms with van der Waals surface area (Å²) in [5, 5.41) is 1.82. The Morgan fingerprint density at radius 3 is 2.54 bits per heavy atom. The van der Waals surface area contributed by atoms with Crippen molar-refractivity contribution in [2.24, 2.45) is 0 Å². The molecule has 2 aromatic carbocycles. The number of para-hydroxylation sites is 1. The summed E-state index contributed by atoms with van der Waals surface area (Å²) in [7, 11) is 0. The fraction of sp³-hybridized carbons (Fsp3) is 0. The van der Waals surface area contributed by atoms with E-state index in [1.807, 2.05) is 18.2 Å². The minimum atomic E-state index is -0.473. The van der Waals surface area contributed by atoms with Crippen LogP contribution < -0.4 is 10.4 Å². The fourth-order valence-electron chi connectivity index (χ4n) is 2.69. The Labute approximate surface area is 154 Å². The molecule has 1 aliphatic rings. The minimum absolute atomic E-state index is 0.0147. The van der Waals surface area contributed by atoms with Gasteiger partial charge in [-0.1, -0.05) is 41.9 Å². The van der Waals surface area contributed by atoms with E-state index in [0.717, 1.165) is 5.56 Å². The van der Waals surface area contributed by atoms with Gasteiger partial charge in [-0.05, 0) is 42.5 Å². The molecule has 4 rings (SSSR count). The van der Waals surface area contributed by atoms with Crippen LogP contribution in [0.4, 0.5) is 5.69 Å². The Morgan fingerprint density at radius 2 is 1.77 bits per heavy atom. The number of hydrogen-bond donors (Lipinski definition) is 1. The van der Waals surface area contributed by atoms with E-state index in [2.05, 4.69) is 5.43 Å². The molecule has 0 spiro atoms. The van der Waals surface area contributed by atoms with Crippen LogP contribution in [0.25, 0.3) is 17.4 Å². The molecule has 128 valence electrons. The van der Waals surface area contributed by atoms with Gasteiger partial charge in [-0.3, -0.25) is 15.0 Å². The Morgan fingerprint density at radius 1 is 0.962 bits per heavy atom. The number of anilines is 1. The summed E-state index contributed by atoms with van der Waals surface area (Å²) in [6.45, 7) is 0. The zero-order valence-corrected chi connectivity index (χ0v) is 14.2. The molecule has 1 N–H and O–H groups in total. The first kappa shape index (κ1) is 16.2. The monoisotopic (exact) mass is 364 g/mol. The summed E-state index contributed by atoms with van der Waals surface area (Å²) >= 11 is 5.99. The van der Waals surface area contributed by atoms with Crippen LogP contribution in [-0.4, -0.2) is 11.8 Å². The molecule has 26 heavy (non-hydrogen) atoms. The third kappa shape index (κ3) is 3.00. The Kier molecular flexibility index (Phi) is 4.07. The largest absolute Gasteiger partial charge is 0.457 e. The third-order valence-electron chi connectivity index (χ3n) is 3.93. The van der Waals surface area contributed by atoms with Crippen LogP contribution in [0, 0.1) is 0 Å². The highest BCUT2D eigenvalue weighted by Crippen LogP contribution is 2.27. The molecular weight excluding hydrogens is 352 g/mol. The maximum atomic E-state index is 12.6. The first-order valence-electron chi connectivity index (χ1n) is 7.90. The van der Waals surface area contributed by atoms with E-state index in [4.69, 9.17) is 16.0 Å². The molecule has 5 nitrogen and oxygen atoms in total. The quantitative estimate of drug-likeness (QED) is 0.563. The number of benzene rings is 2. The van der Waals surface area contributed by atoms with Crippen molar-refractivity contribution in [3.8, 4) is 11.3 Å². The van der Waals surface area contributed by atoms with Crippen LogP contribution in [-0.2, 0) is 9.59 Å². The lowest BCUT2D eigenvalue weighted by Crippen LogP contribution is -2.35. The zero-order valence-electron chi connectivity index (χ0n) is 13.5. The van der Waals surface area contributed by atoms with Crippen molar-refractivity contribution in [2.45, 2.75) is 0 Å².